The zero-order chi connectivity index (χ0) is 11.0. The predicted molar refractivity (Wildman–Crippen MR) is 67.4 cm³/mol. The molecule has 0 bridgehead atoms. The summed E-state index contributed by atoms with van der Waals surface area (Å²) in [6, 6.07) is 9.19. The molecule has 0 aliphatic heterocycles. The van der Waals surface area contributed by atoms with Gasteiger partial charge in [0.25, 0.3) is 0 Å². The average molecular weight is 215 g/mol. The van der Waals surface area contributed by atoms with E-state index in [4.69, 9.17) is 5.73 Å². The van der Waals surface area contributed by atoms with E-state index in [1.54, 1.807) is 5.56 Å². The monoisotopic (exact) mass is 215 g/mol. The lowest BCUT2D eigenvalue weighted by Crippen LogP contribution is -2.36. The highest BCUT2D eigenvalue weighted by Gasteiger charge is 2.39. The summed E-state index contributed by atoms with van der Waals surface area (Å²) in [7, 11) is 0. The first-order valence-corrected chi connectivity index (χ1v) is 6.67. The number of hydrogen-bond acceptors (Lipinski definition) is 1. The number of benzene rings is 1. The third-order valence-corrected chi connectivity index (χ3v) is 4.68. The van der Waals surface area contributed by atoms with Gasteiger partial charge in [0.05, 0.1) is 0 Å². The number of hydrogen-bond donors (Lipinski definition) is 1. The minimum atomic E-state index is 0.281. The minimum Gasteiger partial charge on any atom is -0.324 e. The minimum absolute atomic E-state index is 0.281. The fourth-order valence-electron chi connectivity index (χ4n) is 3.77. The fraction of sp³-hybridized carbons (Fsp3) is 0.600. The van der Waals surface area contributed by atoms with E-state index in [0.717, 1.165) is 0 Å². The zero-order valence-electron chi connectivity index (χ0n) is 9.91. The Bertz CT molecular complexity index is 377. The molecule has 1 aromatic carbocycles. The van der Waals surface area contributed by atoms with Gasteiger partial charge in [-0.25, -0.2) is 0 Å². The van der Waals surface area contributed by atoms with Crippen LogP contribution in [0.3, 0.4) is 0 Å². The molecule has 0 amide bonds. The largest absolute Gasteiger partial charge is 0.324 e. The molecule has 0 heterocycles. The van der Waals surface area contributed by atoms with Crippen molar-refractivity contribution >= 4 is 0 Å². The average Bonchev–Trinajstić information content (AvgIpc) is 2.36. The maximum absolute atomic E-state index is 6.24. The molecule has 0 aromatic heterocycles. The van der Waals surface area contributed by atoms with Crippen molar-refractivity contribution in [2.75, 3.05) is 0 Å². The quantitative estimate of drug-likeness (QED) is 0.702. The highest BCUT2D eigenvalue weighted by molar-refractivity contribution is 5.39. The fourth-order valence-corrected chi connectivity index (χ4v) is 3.77. The second-order valence-electron chi connectivity index (χ2n) is 5.57. The second-order valence-corrected chi connectivity index (χ2v) is 5.57. The van der Waals surface area contributed by atoms with Crippen molar-refractivity contribution < 1.29 is 0 Å². The van der Waals surface area contributed by atoms with E-state index in [0.29, 0.717) is 5.41 Å². The third-order valence-electron chi connectivity index (χ3n) is 4.68. The molecule has 3 rings (SSSR count). The lowest BCUT2D eigenvalue weighted by Gasteiger charge is -2.44. The van der Waals surface area contributed by atoms with Gasteiger partial charge in [0.15, 0.2) is 0 Å². The van der Waals surface area contributed by atoms with Crippen molar-refractivity contribution in [1.82, 2.24) is 0 Å². The molecule has 2 aliphatic carbocycles. The molecule has 0 saturated heterocycles. The summed E-state index contributed by atoms with van der Waals surface area (Å²) in [5, 5.41) is 0. The van der Waals surface area contributed by atoms with Crippen LogP contribution in [0, 0.1) is 0 Å². The zero-order valence-corrected chi connectivity index (χ0v) is 9.91. The molecular weight excluding hydrogens is 194 g/mol. The van der Waals surface area contributed by atoms with Crippen LogP contribution < -0.4 is 5.73 Å². The smallest absolute Gasteiger partial charge is 0.0298 e. The van der Waals surface area contributed by atoms with Gasteiger partial charge in [-0.1, -0.05) is 43.5 Å². The van der Waals surface area contributed by atoms with Crippen molar-refractivity contribution in [3.05, 3.63) is 35.4 Å². The Morgan fingerprint density at radius 3 is 2.56 bits per heavy atom. The predicted octanol–water partition coefficient (Wildman–Crippen LogP) is 3.68. The van der Waals surface area contributed by atoms with E-state index in [9.17, 15) is 0 Å². The normalized spacial score (nSPS) is 27.7. The van der Waals surface area contributed by atoms with Crippen LogP contribution in [0.2, 0.25) is 0 Å². The summed E-state index contributed by atoms with van der Waals surface area (Å²) < 4.78 is 0. The van der Waals surface area contributed by atoms with E-state index in [1.165, 1.54) is 50.5 Å². The van der Waals surface area contributed by atoms with Crippen LogP contribution in [0.25, 0.3) is 0 Å². The Balaban J connectivity index is 2.06. The van der Waals surface area contributed by atoms with Crippen molar-refractivity contribution in [3.8, 4) is 0 Å². The van der Waals surface area contributed by atoms with Crippen LogP contribution in [-0.4, -0.2) is 0 Å². The van der Waals surface area contributed by atoms with Gasteiger partial charge in [-0.3, -0.25) is 0 Å². The standard InChI is InChI=1S/C15H21N/c16-14-8-11-15(9-4-1-5-10-15)13-7-3-2-6-12(13)14/h2-3,6-7,14H,1,4-5,8-11,16H2. The third kappa shape index (κ3) is 1.49. The molecule has 16 heavy (non-hydrogen) atoms. The molecule has 1 aromatic rings. The highest BCUT2D eigenvalue weighted by Crippen LogP contribution is 2.49. The summed E-state index contributed by atoms with van der Waals surface area (Å²) >= 11 is 0. The van der Waals surface area contributed by atoms with Crippen LogP contribution in [-0.2, 0) is 5.41 Å². The maximum atomic E-state index is 6.24. The van der Waals surface area contributed by atoms with Gasteiger partial charge in [-0.2, -0.15) is 0 Å². The van der Waals surface area contributed by atoms with Gasteiger partial charge in [0.2, 0.25) is 0 Å². The van der Waals surface area contributed by atoms with E-state index in [-0.39, 0.29) is 6.04 Å². The second kappa shape index (κ2) is 3.89. The van der Waals surface area contributed by atoms with Crippen LogP contribution in [0.4, 0.5) is 0 Å². The summed E-state index contributed by atoms with van der Waals surface area (Å²) in [6.07, 6.45) is 9.50. The van der Waals surface area contributed by atoms with Crippen LogP contribution in [0.5, 0.6) is 0 Å². The Hall–Kier alpha value is -0.820. The first-order chi connectivity index (χ1) is 7.82. The Labute approximate surface area is 98.0 Å². The first-order valence-electron chi connectivity index (χ1n) is 6.67. The van der Waals surface area contributed by atoms with Gasteiger partial charge in [0, 0.05) is 6.04 Å². The number of fused-ring (bicyclic) bond motifs is 2. The number of nitrogens with two attached hydrogens (primary N) is 1. The molecule has 1 nitrogen and oxygen atoms in total. The van der Waals surface area contributed by atoms with Gasteiger partial charge in [-0.15, -0.1) is 0 Å². The van der Waals surface area contributed by atoms with Crippen molar-refractivity contribution in [2.45, 2.75) is 56.4 Å². The van der Waals surface area contributed by atoms with Crippen molar-refractivity contribution in [3.63, 3.8) is 0 Å². The van der Waals surface area contributed by atoms with Gasteiger partial charge in [0.1, 0.15) is 0 Å². The van der Waals surface area contributed by atoms with Crippen LogP contribution in [0.15, 0.2) is 24.3 Å². The molecule has 1 unspecified atom stereocenters. The van der Waals surface area contributed by atoms with E-state index >= 15 is 0 Å². The summed E-state index contributed by atoms with van der Waals surface area (Å²) in [6.45, 7) is 0. The lowest BCUT2D eigenvalue weighted by molar-refractivity contribution is 0.244. The molecule has 1 atom stereocenters. The maximum Gasteiger partial charge on any atom is 0.0298 e. The molecular formula is C15H21N. The SMILES string of the molecule is NC1CCC2(CCCCC2)c2ccccc21. The molecule has 2 N–H and O–H groups in total. The molecule has 1 heteroatoms. The molecule has 1 saturated carbocycles. The van der Waals surface area contributed by atoms with Gasteiger partial charge in [-0.05, 0) is 42.2 Å². The summed E-state index contributed by atoms with van der Waals surface area (Å²) in [4.78, 5) is 0. The summed E-state index contributed by atoms with van der Waals surface area (Å²) in [5.41, 5.74) is 9.73. The Morgan fingerprint density at radius 1 is 1.00 bits per heavy atom. The van der Waals surface area contributed by atoms with E-state index < -0.39 is 0 Å². The Kier molecular flexibility index (Phi) is 2.51. The molecule has 2 aliphatic rings. The first kappa shape index (κ1) is 10.3. The van der Waals surface area contributed by atoms with Crippen molar-refractivity contribution in [1.29, 1.82) is 0 Å². The molecule has 86 valence electrons. The highest BCUT2D eigenvalue weighted by atomic mass is 14.7. The number of rotatable bonds is 0. The van der Waals surface area contributed by atoms with Gasteiger partial charge >= 0.3 is 0 Å². The van der Waals surface area contributed by atoms with Gasteiger partial charge < -0.3 is 5.73 Å². The van der Waals surface area contributed by atoms with Crippen molar-refractivity contribution in [2.24, 2.45) is 5.73 Å². The van der Waals surface area contributed by atoms with E-state index in [1.807, 2.05) is 0 Å². The van der Waals surface area contributed by atoms with Crippen LogP contribution >= 0.6 is 0 Å². The summed E-state index contributed by atoms with van der Waals surface area (Å²) in [5.74, 6) is 0. The lowest BCUT2D eigenvalue weighted by atomic mass is 9.62. The topological polar surface area (TPSA) is 26.0 Å². The van der Waals surface area contributed by atoms with Crippen LogP contribution in [0.1, 0.15) is 62.1 Å². The molecule has 0 radical (unpaired) electrons. The Morgan fingerprint density at radius 2 is 1.75 bits per heavy atom. The van der Waals surface area contributed by atoms with E-state index in [2.05, 4.69) is 24.3 Å². The molecule has 1 fully saturated rings. The molecule has 1 spiro atoms.